The molecule has 1 saturated heterocycles. The summed E-state index contributed by atoms with van der Waals surface area (Å²) >= 11 is 1.82. The van der Waals surface area contributed by atoms with Crippen LogP contribution in [-0.2, 0) is 16.6 Å². The van der Waals surface area contributed by atoms with Crippen LogP contribution in [0.25, 0.3) is 0 Å². The highest BCUT2D eigenvalue weighted by atomic mass is 32.2. The average Bonchev–Trinajstić information content (AvgIpc) is 2.94. The van der Waals surface area contributed by atoms with Crippen LogP contribution in [0, 0.1) is 6.92 Å². The first-order valence-electron chi connectivity index (χ1n) is 6.29. The maximum atomic E-state index is 12.3. The van der Waals surface area contributed by atoms with Crippen molar-refractivity contribution < 1.29 is 12.8 Å². The first-order chi connectivity index (χ1) is 8.86. The SMILES string of the molecule is Cc1oc(CN)cc1S(=O)(=O)NCC1(C)CCCS1. The van der Waals surface area contributed by atoms with Crippen molar-refractivity contribution in [2.75, 3.05) is 12.3 Å². The molecule has 0 aromatic carbocycles. The second kappa shape index (κ2) is 5.47. The number of thioether (sulfide) groups is 1. The summed E-state index contributed by atoms with van der Waals surface area (Å²) < 4.78 is 32.5. The summed E-state index contributed by atoms with van der Waals surface area (Å²) in [5, 5.41) is 0. The Morgan fingerprint density at radius 2 is 2.32 bits per heavy atom. The van der Waals surface area contributed by atoms with Crippen molar-refractivity contribution in [3.05, 3.63) is 17.6 Å². The molecule has 1 atom stereocenters. The molecule has 108 valence electrons. The summed E-state index contributed by atoms with van der Waals surface area (Å²) in [4.78, 5) is 0.194. The molecule has 1 aromatic rings. The molecule has 5 nitrogen and oxygen atoms in total. The third-order valence-corrected chi connectivity index (χ3v) is 6.40. The van der Waals surface area contributed by atoms with Crippen LogP contribution in [0.3, 0.4) is 0 Å². The van der Waals surface area contributed by atoms with Gasteiger partial charge in [0.2, 0.25) is 10.0 Å². The fourth-order valence-electron chi connectivity index (χ4n) is 2.19. The van der Waals surface area contributed by atoms with Gasteiger partial charge in [-0.15, -0.1) is 0 Å². The minimum absolute atomic E-state index is 0.00140. The Balaban J connectivity index is 2.11. The molecule has 19 heavy (non-hydrogen) atoms. The van der Waals surface area contributed by atoms with Crippen molar-refractivity contribution in [2.45, 2.75) is 42.9 Å². The summed E-state index contributed by atoms with van der Waals surface area (Å²) in [6, 6.07) is 1.50. The van der Waals surface area contributed by atoms with Gasteiger partial charge < -0.3 is 10.2 Å². The highest BCUT2D eigenvalue weighted by Gasteiger charge is 2.32. The van der Waals surface area contributed by atoms with Gasteiger partial charge in [0.25, 0.3) is 0 Å². The summed E-state index contributed by atoms with van der Waals surface area (Å²) in [6.45, 7) is 4.38. The predicted octanol–water partition coefficient (Wildman–Crippen LogP) is 1.61. The number of nitrogens with two attached hydrogens (primary N) is 1. The second-order valence-corrected chi connectivity index (χ2v) is 8.48. The quantitative estimate of drug-likeness (QED) is 0.863. The van der Waals surface area contributed by atoms with Crippen LogP contribution < -0.4 is 10.5 Å². The number of hydrogen-bond acceptors (Lipinski definition) is 5. The fraction of sp³-hybridized carbons (Fsp3) is 0.667. The highest BCUT2D eigenvalue weighted by molar-refractivity contribution is 8.01. The number of hydrogen-bond donors (Lipinski definition) is 2. The highest BCUT2D eigenvalue weighted by Crippen LogP contribution is 2.37. The Morgan fingerprint density at radius 3 is 2.84 bits per heavy atom. The lowest BCUT2D eigenvalue weighted by Crippen LogP contribution is -2.36. The fourth-order valence-corrected chi connectivity index (χ4v) is 4.90. The molecule has 1 fully saturated rings. The minimum Gasteiger partial charge on any atom is -0.464 e. The Morgan fingerprint density at radius 1 is 1.58 bits per heavy atom. The van der Waals surface area contributed by atoms with Crippen molar-refractivity contribution in [2.24, 2.45) is 5.73 Å². The Kier molecular flexibility index (Phi) is 4.29. The standard InChI is InChI=1S/C12H20N2O3S2/c1-9-11(6-10(7-13)17-9)19(15,16)14-8-12(2)4-3-5-18-12/h6,14H,3-5,7-8,13H2,1-2H3. The third-order valence-electron chi connectivity index (χ3n) is 3.35. The normalized spacial score (nSPS) is 23.9. The zero-order valence-electron chi connectivity index (χ0n) is 11.2. The molecule has 0 amide bonds. The van der Waals surface area contributed by atoms with E-state index >= 15 is 0 Å². The number of rotatable bonds is 5. The third kappa shape index (κ3) is 3.34. The molecule has 2 rings (SSSR count). The van der Waals surface area contributed by atoms with Crippen LogP contribution in [0.1, 0.15) is 31.3 Å². The van der Waals surface area contributed by atoms with Crippen molar-refractivity contribution in [3.8, 4) is 0 Å². The van der Waals surface area contributed by atoms with Gasteiger partial charge in [0.05, 0.1) is 6.54 Å². The van der Waals surface area contributed by atoms with Gasteiger partial charge in [-0.2, -0.15) is 11.8 Å². The van der Waals surface area contributed by atoms with Crippen molar-refractivity contribution in [3.63, 3.8) is 0 Å². The maximum absolute atomic E-state index is 12.3. The van der Waals surface area contributed by atoms with Crippen LogP contribution in [0.5, 0.6) is 0 Å². The second-order valence-electron chi connectivity index (χ2n) is 5.06. The molecule has 1 aliphatic heterocycles. The molecule has 1 aromatic heterocycles. The molecule has 7 heteroatoms. The zero-order valence-corrected chi connectivity index (χ0v) is 12.9. The molecule has 0 saturated carbocycles. The molecule has 0 bridgehead atoms. The lowest BCUT2D eigenvalue weighted by Gasteiger charge is -2.22. The lowest BCUT2D eigenvalue weighted by atomic mass is 10.1. The maximum Gasteiger partial charge on any atom is 0.244 e. The molecule has 0 aliphatic carbocycles. The van der Waals surface area contributed by atoms with Gasteiger partial charge in [-0.25, -0.2) is 13.1 Å². The molecule has 3 N–H and O–H groups in total. The first-order valence-corrected chi connectivity index (χ1v) is 8.76. The van der Waals surface area contributed by atoms with Gasteiger partial charge in [-0.1, -0.05) is 0 Å². The van der Waals surface area contributed by atoms with Crippen LogP contribution >= 0.6 is 11.8 Å². The molecular weight excluding hydrogens is 284 g/mol. The van der Waals surface area contributed by atoms with E-state index in [0.717, 1.165) is 18.6 Å². The minimum atomic E-state index is -3.52. The molecule has 1 aliphatic rings. The van der Waals surface area contributed by atoms with Crippen molar-refractivity contribution in [1.29, 1.82) is 0 Å². The van der Waals surface area contributed by atoms with Gasteiger partial charge in [-0.05, 0) is 32.4 Å². The molecule has 0 spiro atoms. The largest absolute Gasteiger partial charge is 0.464 e. The lowest BCUT2D eigenvalue weighted by molar-refractivity contribution is 0.478. The molecular formula is C12H20N2O3S2. The Bertz CT molecular complexity index is 545. The van der Waals surface area contributed by atoms with E-state index in [2.05, 4.69) is 11.6 Å². The predicted molar refractivity (Wildman–Crippen MR) is 76.6 cm³/mol. The number of sulfonamides is 1. The summed E-state index contributed by atoms with van der Waals surface area (Å²) in [5.41, 5.74) is 5.46. The van der Waals surface area contributed by atoms with Crippen LogP contribution in [0.15, 0.2) is 15.4 Å². The van der Waals surface area contributed by atoms with Crippen LogP contribution in [0.2, 0.25) is 0 Å². The van der Waals surface area contributed by atoms with Gasteiger partial charge in [-0.3, -0.25) is 0 Å². The Hall–Kier alpha value is -0.500. The van der Waals surface area contributed by atoms with E-state index in [0.29, 0.717) is 18.1 Å². The van der Waals surface area contributed by atoms with E-state index in [1.165, 1.54) is 6.07 Å². The topological polar surface area (TPSA) is 85.3 Å². The Labute approximate surface area is 118 Å². The molecule has 2 heterocycles. The van der Waals surface area contributed by atoms with E-state index in [-0.39, 0.29) is 16.2 Å². The van der Waals surface area contributed by atoms with E-state index < -0.39 is 10.0 Å². The monoisotopic (exact) mass is 304 g/mol. The van der Waals surface area contributed by atoms with Gasteiger partial charge >= 0.3 is 0 Å². The smallest absolute Gasteiger partial charge is 0.244 e. The summed E-state index contributed by atoms with van der Waals surface area (Å²) in [6.07, 6.45) is 2.18. The van der Waals surface area contributed by atoms with E-state index in [9.17, 15) is 8.42 Å². The number of aryl methyl sites for hydroxylation is 1. The van der Waals surface area contributed by atoms with Crippen LogP contribution in [0.4, 0.5) is 0 Å². The van der Waals surface area contributed by atoms with Gasteiger partial charge in [0.15, 0.2) is 0 Å². The zero-order chi connectivity index (χ0) is 14.1. The van der Waals surface area contributed by atoms with E-state index in [1.54, 1.807) is 6.92 Å². The van der Waals surface area contributed by atoms with Crippen LogP contribution in [-0.4, -0.2) is 25.5 Å². The first kappa shape index (κ1) is 14.9. The van der Waals surface area contributed by atoms with Crippen molar-refractivity contribution in [1.82, 2.24) is 4.72 Å². The van der Waals surface area contributed by atoms with E-state index in [4.69, 9.17) is 10.2 Å². The number of nitrogens with one attached hydrogen (secondary N) is 1. The number of furan rings is 1. The molecule has 1 unspecified atom stereocenters. The van der Waals surface area contributed by atoms with Gasteiger partial charge in [0, 0.05) is 17.4 Å². The summed E-state index contributed by atoms with van der Waals surface area (Å²) in [7, 11) is -3.52. The van der Waals surface area contributed by atoms with Crippen molar-refractivity contribution >= 4 is 21.8 Å². The average molecular weight is 304 g/mol. The molecule has 0 radical (unpaired) electrons. The summed E-state index contributed by atoms with van der Waals surface area (Å²) in [5.74, 6) is 1.97. The van der Waals surface area contributed by atoms with E-state index in [1.807, 2.05) is 11.8 Å². The van der Waals surface area contributed by atoms with Gasteiger partial charge in [0.1, 0.15) is 16.4 Å².